The molecule has 1 heterocycles. The first-order chi connectivity index (χ1) is 12.6. The van der Waals surface area contributed by atoms with Gasteiger partial charge in [-0.2, -0.15) is 0 Å². The summed E-state index contributed by atoms with van der Waals surface area (Å²) in [7, 11) is 1.61. The van der Waals surface area contributed by atoms with Crippen molar-refractivity contribution in [1.82, 2.24) is 15.3 Å². The molecule has 26 heavy (non-hydrogen) atoms. The smallest absolute Gasteiger partial charge is 0.319 e. The van der Waals surface area contributed by atoms with Crippen LogP contribution in [0.5, 0.6) is 11.5 Å². The van der Waals surface area contributed by atoms with E-state index in [1.54, 1.807) is 37.7 Å². The first-order valence-electron chi connectivity index (χ1n) is 8.81. The summed E-state index contributed by atoms with van der Waals surface area (Å²) in [6.07, 6.45) is 8.03. The van der Waals surface area contributed by atoms with Crippen LogP contribution in [-0.4, -0.2) is 29.2 Å². The van der Waals surface area contributed by atoms with Gasteiger partial charge in [-0.1, -0.05) is 0 Å². The largest absolute Gasteiger partial charge is 0.493 e. The van der Waals surface area contributed by atoms with E-state index in [0.717, 1.165) is 18.5 Å². The maximum Gasteiger partial charge on any atom is 0.319 e. The van der Waals surface area contributed by atoms with Crippen molar-refractivity contribution in [3.05, 3.63) is 42.0 Å². The Bertz CT molecular complexity index is 743. The van der Waals surface area contributed by atoms with E-state index >= 15 is 0 Å². The van der Waals surface area contributed by atoms with Crippen LogP contribution in [-0.2, 0) is 6.54 Å². The molecule has 2 aromatic rings. The van der Waals surface area contributed by atoms with Crippen molar-refractivity contribution in [2.75, 3.05) is 12.4 Å². The average molecular weight is 356 g/mol. The molecule has 2 N–H and O–H groups in total. The first kappa shape index (κ1) is 18.0. The first-order valence-corrected chi connectivity index (χ1v) is 8.81. The number of rotatable bonds is 6. The number of aryl methyl sites for hydroxylation is 1. The number of nitrogens with zero attached hydrogens (tertiary/aromatic N) is 2. The maximum atomic E-state index is 12.1. The van der Waals surface area contributed by atoms with Gasteiger partial charge in [0, 0.05) is 18.0 Å². The van der Waals surface area contributed by atoms with Gasteiger partial charge in [0.25, 0.3) is 0 Å². The molecule has 0 unspecified atom stereocenters. The molecule has 0 radical (unpaired) electrons. The summed E-state index contributed by atoms with van der Waals surface area (Å²) in [6, 6.07) is 5.06. The molecular weight excluding hydrogens is 332 g/mol. The molecule has 1 fully saturated rings. The second-order valence-electron chi connectivity index (χ2n) is 6.35. The van der Waals surface area contributed by atoms with Gasteiger partial charge in [0.15, 0.2) is 11.5 Å². The van der Waals surface area contributed by atoms with Crippen LogP contribution in [0, 0.1) is 6.92 Å². The van der Waals surface area contributed by atoms with Crippen molar-refractivity contribution < 1.29 is 14.3 Å². The lowest BCUT2D eigenvalue weighted by atomic mass is 10.2. The molecule has 1 aromatic carbocycles. The van der Waals surface area contributed by atoms with Gasteiger partial charge in [-0.3, -0.25) is 9.97 Å². The van der Waals surface area contributed by atoms with Crippen molar-refractivity contribution >= 4 is 11.7 Å². The second-order valence-corrected chi connectivity index (χ2v) is 6.35. The molecule has 0 atom stereocenters. The van der Waals surface area contributed by atoms with Crippen LogP contribution >= 0.6 is 0 Å². The third kappa shape index (κ3) is 4.84. The summed E-state index contributed by atoms with van der Waals surface area (Å²) in [5, 5.41) is 5.57. The minimum absolute atomic E-state index is 0.216. The molecule has 138 valence electrons. The van der Waals surface area contributed by atoms with Crippen LogP contribution < -0.4 is 20.1 Å². The number of hydrogen-bond acceptors (Lipinski definition) is 5. The van der Waals surface area contributed by atoms with E-state index in [-0.39, 0.29) is 12.1 Å². The van der Waals surface area contributed by atoms with E-state index in [9.17, 15) is 4.79 Å². The van der Waals surface area contributed by atoms with Gasteiger partial charge in [0.05, 0.1) is 37.3 Å². The third-order valence-corrected chi connectivity index (χ3v) is 4.28. The third-order valence-electron chi connectivity index (χ3n) is 4.28. The molecule has 0 spiro atoms. The lowest BCUT2D eigenvalue weighted by Crippen LogP contribution is -2.28. The van der Waals surface area contributed by atoms with E-state index in [1.165, 1.54) is 12.8 Å². The number of anilines is 1. The molecule has 1 saturated carbocycles. The summed E-state index contributed by atoms with van der Waals surface area (Å²) >= 11 is 0. The van der Waals surface area contributed by atoms with Crippen LogP contribution in [0.3, 0.4) is 0 Å². The molecule has 0 bridgehead atoms. The van der Waals surface area contributed by atoms with Crippen molar-refractivity contribution in [1.29, 1.82) is 0 Å². The Balaban J connectivity index is 1.59. The summed E-state index contributed by atoms with van der Waals surface area (Å²) in [5.41, 5.74) is 2.18. The highest BCUT2D eigenvalue weighted by Crippen LogP contribution is 2.33. The number of hydrogen-bond donors (Lipinski definition) is 2. The Labute approximate surface area is 153 Å². The standard InChI is InChI=1S/C19H24N4O3/c1-13-10-21-15(11-20-13)12-22-19(24)23-14-7-8-17(25-2)18(9-14)26-16-5-3-4-6-16/h7-11,16H,3-6,12H2,1-2H3,(H2,22,23,24). The Kier molecular flexibility index (Phi) is 5.88. The molecule has 0 saturated heterocycles. The predicted molar refractivity (Wildman–Crippen MR) is 98.5 cm³/mol. The minimum Gasteiger partial charge on any atom is -0.493 e. The average Bonchev–Trinajstić information content (AvgIpc) is 3.15. The molecule has 3 rings (SSSR count). The van der Waals surface area contributed by atoms with Gasteiger partial charge in [-0.05, 0) is 44.7 Å². The highest BCUT2D eigenvalue weighted by Gasteiger charge is 2.19. The predicted octanol–water partition coefficient (Wildman–Crippen LogP) is 3.44. The van der Waals surface area contributed by atoms with Gasteiger partial charge < -0.3 is 20.1 Å². The van der Waals surface area contributed by atoms with Gasteiger partial charge in [-0.15, -0.1) is 0 Å². The van der Waals surface area contributed by atoms with Gasteiger partial charge in [0.2, 0.25) is 0 Å². The van der Waals surface area contributed by atoms with Crippen LogP contribution in [0.2, 0.25) is 0 Å². The maximum absolute atomic E-state index is 12.1. The number of methoxy groups -OCH3 is 1. The number of benzene rings is 1. The number of ether oxygens (including phenoxy) is 2. The number of urea groups is 1. The van der Waals surface area contributed by atoms with Gasteiger partial charge in [-0.25, -0.2) is 4.79 Å². The number of aromatic nitrogens is 2. The highest BCUT2D eigenvalue weighted by molar-refractivity contribution is 5.89. The zero-order valence-corrected chi connectivity index (χ0v) is 15.1. The Hall–Kier alpha value is -2.83. The molecule has 7 heteroatoms. The Morgan fingerprint density at radius 1 is 1.19 bits per heavy atom. The fourth-order valence-corrected chi connectivity index (χ4v) is 2.89. The number of nitrogens with one attached hydrogen (secondary N) is 2. The SMILES string of the molecule is COc1ccc(NC(=O)NCc2cnc(C)cn2)cc1OC1CCCC1. The fraction of sp³-hybridized carbons (Fsp3) is 0.421. The molecule has 1 aliphatic carbocycles. The van der Waals surface area contributed by atoms with Crippen molar-refractivity contribution in [3.8, 4) is 11.5 Å². The molecular formula is C19H24N4O3. The van der Waals surface area contributed by atoms with E-state index in [4.69, 9.17) is 9.47 Å². The van der Waals surface area contributed by atoms with E-state index in [2.05, 4.69) is 20.6 Å². The fourth-order valence-electron chi connectivity index (χ4n) is 2.89. The van der Waals surface area contributed by atoms with Crippen LogP contribution in [0.1, 0.15) is 37.1 Å². The second kappa shape index (κ2) is 8.51. The Morgan fingerprint density at radius 3 is 2.69 bits per heavy atom. The summed E-state index contributed by atoms with van der Waals surface area (Å²) in [4.78, 5) is 20.5. The molecule has 0 aliphatic heterocycles. The molecule has 7 nitrogen and oxygen atoms in total. The number of amides is 2. The van der Waals surface area contributed by atoms with Crippen LogP contribution in [0.25, 0.3) is 0 Å². The van der Waals surface area contributed by atoms with Crippen molar-refractivity contribution in [3.63, 3.8) is 0 Å². The minimum atomic E-state index is -0.315. The van der Waals surface area contributed by atoms with E-state index < -0.39 is 0 Å². The van der Waals surface area contributed by atoms with Crippen LogP contribution in [0.4, 0.5) is 10.5 Å². The van der Waals surface area contributed by atoms with Gasteiger partial charge >= 0.3 is 6.03 Å². The zero-order chi connectivity index (χ0) is 18.4. The lowest BCUT2D eigenvalue weighted by molar-refractivity contribution is 0.201. The van der Waals surface area contributed by atoms with Crippen molar-refractivity contribution in [2.24, 2.45) is 0 Å². The summed E-state index contributed by atoms with van der Waals surface area (Å²) in [6.45, 7) is 2.17. The lowest BCUT2D eigenvalue weighted by Gasteiger charge is -2.17. The zero-order valence-electron chi connectivity index (χ0n) is 15.1. The number of carbonyl (C=O) groups excluding carboxylic acids is 1. The quantitative estimate of drug-likeness (QED) is 0.828. The van der Waals surface area contributed by atoms with Crippen molar-refractivity contribution in [2.45, 2.75) is 45.3 Å². The normalized spacial score (nSPS) is 14.1. The molecule has 1 aromatic heterocycles. The highest BCUT2D eigenvalue weighted by atomic mass is 16.5. The van der Waals surface area contributed by atoms with E-state index in [1.807, 2.05) is 6.92 Å². The summed E-state index contributed by atoms with van der Waals surface area (Å²) < 4.78 is 11.4. The Morgan fingerprint density at radius 2 is 2.00 bits per heavy atom. The van der Waals surface area contributed by atoms with E-state index in [0.29, 0.717) is 29.4 Å². The summed E-state index contributed by atoms with van der Waals surface area (Å²) in [5.74, 6) is 1.32. The van der Waals surface area contributed by atoms with Crippen LogP contribution in [0.15, 0.2) is 30.6 Å². The molecule has 2 amide bonds. The topological polar surface area (TPSA) is 85.4 Å². The monoisotopic (exact) mass is 356 g/mol. The van der Waals surface area contributed by atoms with Gasteiger partial charge in [0.1, 0.15) is 0 Å². The molecule has 1 aliphatic rings. The number of carbonyl (C=O) groups is 1.